The molecule has 174 valence electrons. The van der Waals surface area contributed by atoms with E-state index in [0.29, 0.717) is 30.7 Å². The van der Waals surface area contributed by atoms with Gasteiger partial charge in [0.1, 0.15) is 11.5 Å². The first-order valence-electron chi connectivity index (χ1n) is 9.95. The fraction of sp³-hybridized carbons (Fsp3) is 0.476. The Hall–Kier alpha value is -3.08. The summed E-state index contributed by atoms with van der Waals surface area (Å²) in [6.07, 6.45) is -0.594. The van der Waals surface area contributed by atoms with Crippen LogP contribution < -0.4 is 4.74 Å². The van der Waals surface area contributed by atoms with E-state index in [0.717, 1.165) is 31.1 Å². The van der Waals surface area contributed by atoms with Crippen LogP contribution in [0.2, 0.25) is 0 Å². The lowest BCUT2D eigenvalue weighted by molar-refractivity contribution is -0.192. The number of aromatic nitrogens is 1. The summed E-state index contributed by atoms with van der Waals surface area (Å²) in [6.45, 7) is 4.59. The highest BCUT2D eigenvalue weighted by atomic mass is 19.4. The number of halogens is 3. The molecule has 0 bridgehead atoms. The normalized spacial score (nSPS) is 22.1. The molecule has 0 aromatic carbocycles. The molecule has 0 aliphatic carbocycles. The predicted octanol–water partition coefficient (Wildman–Crippen LogP) is 3.17. The van der Waals surface area contributed by atoms with Crippen molar-refractivity contribution in [3.63, 3.8) is 0 Å². The smallest absolute Gasteiger partial charge is 0.490 e. The minimum Gasteiger partial charge on any atom is -0.492 e. The highest BCUT2D eigenvalue weighted by molar-refractivity contribution is 5.91. The standard InChI is InChI=1S/C19H22N2O4.C2HF3O2/c1-13-4-5-17(25-13)19(22)21-10-16-14(12-24-18(16)11-21)6-8-23-15-3-2-7-20-9-15;3-2(4,5)1(6)7/h2-5,7,9,14,16,18H,6,8,10-12H2,1H3;(H,6,7)/t14-,16-,18-;/m0./s1. The summed E-state index contributed by atoms with van der Waals surface area (Å²) in [5.41, 5.74) is 0. The van der Waals surface area contributed by atoms with Crippen LogP contribution in [0.1, 0.15) is 22.7 Å². The summed E-state index contributed by atoms with van der Waals surface area (Å²) in [5, 5.41) is 7.12. The molecule has 0 saturated carbocycles. The molecule has 1 N–H and O–H groups in total. The maximum atomic E-state index is 12.5. The molecule has 0 unspecified atom stereocenters. The molecule has 2 aromatic heterocycles. The number of fused-ring (bicyclic) bond motifs is 1. The maximum absolute atomic E-state index is 12.5. The SMILES string of the molecule is Cc1ccc(C(=O)N2C[C@H]3[C@@H](CCOc4cccnc4)CO[C@H]3C2)o1.O=C(O)C(F)(F)F. The lowest BCUT2D eigenvalue weighted by Crippen LogP contribution is -2.31. The number of carboxylic acid groups (broad SMARTS) is 1. The van der Waals surface area contributed by atoms with Crippen LogP contribution in [-0.4, -0.2) is 65.5 Å². The molecular weight excluding hydrogens is 433 g/mol. The maximum Gasteiger partial charge on any atom is 0.490 e. The average Bonchev–Trinajstić information content (AvgIpc) is 3.45. The van der Waals surface area contributed by atoms with Crippen LogP contribution in [0.3, 0.4) is 0 Å². The van der Waals surface area contributed by atoms with Gasteiger partial charge in [-0.3, -0.25) is 9.78 Å². The summed E-state index contributed by atoms with van der Waals surface area (Å²) in [5.74, 6) is -0.0630. The molecule has 3 atom stereocenters. The van der Waals surface area contributed by atoms with Gasteiger partial charge in [-0.1, -0.05) is 0 Å². The minimum atomic E-state index is -5.08. The summed E-state index contributed by atoms with van der Waals surface area (Å²) in [7, 11) is 0. The number of carboxylic acids is 1. The molecule has 32 heavy (non-hydrogen) atoms. The third-order valence-electron chi connectivity index (χ3n) is 5.31. The Morgan fingerprint density at radius 3 is 2.62 bits per heavy atom. The second-order valence-corrected chi connectivity index (χ2v) is 7.54. The van der Waals surface area contributed by atoms with Crippen LogP contribution in [0.15, 0.2) is 41.1 Å². The molecule has 2 aliphatic heterocycles. The monoisotopic (exact) mass is 456 g/mol. The number of likely N-dealkylation sites (tertiary alicyclic amines) is 1. The van der Waals surface area contributed by atoms with E-state index in [1.54, 1.807) is 18.5 Å². The van der Waals surface area contributed by atoms with Gasteiger partial charge in [-0.2, -0.15) is 13.2 Å². The van der Waals surface area contributed by atoms with Gasteiger partial charge in [-0.25, -0.2) is 4.79 Å². The Morgan fingerprint density at radius 1 is 1.28 bits per heavy atom. The van der Waals surface area contributed by atoms with E-state index in [9.17, 15) is 18.0 Å². The lowest BCUT2D eigenvalue weighted by Gasteiger charge is -2.19. The lowest BCUT2D eigenvalue weighted by atomic mass is 9.91. The van der Waals surface area contributed by atoms with E-state index in [4.69, 9.17) is 23.8 Å². The first kappa shape index (κ1) is 23.6. The van der Waals surface area contributed by atoms with Crippen molar-refractivity contribution in [2.45, 2.75) is 25.6 Å². The van der Waals surface area contributed by atoms with E-state index in [1.807, 2.05) is 30.0 Å². The van der Waals surface area contributed by atoms with Gasteiger partial charge in [0.25, 0.3) is 5.91 Å². The molecule has 2 aliphatic rings. The summed E-state index contributed by atoms with van der Waals surface area (Å²) in [4.78, 5) is 27.3. The number of alkyl halides is 3. The topological polar surface area (TPSA) is 102 Å². The van der Waals surface area contributed by atoms with E-state index >= 15 is 0 Å². The van der Waals surface area contributed by atoms with Gasteiger partial charge in [-0.15, -0.1) is 0 Å². The third kappa shape index (κ3) is 6.00. The molecule has 2 fully saturated rings. The van der Waals surface area contributed by atoms with E-state index in [-0.39, 0.29) is 12.0 Å². The Labute approximate surface area is 181 Å². The highest BCUT2D eigenvalue weighted by Gasteiger charge is 2.45. The van der Waals surface area contributed by atoms with Crippen molar-refractivity contribution in [3.05, 3.63) is 48.2 Å². The Kier molecular flexibility index (Phi) is 7.39. The molecule has 4 rings (SSSR count). The highest BCUT2D eigenvalue weighted by Crippen LogP contribution is 2.36. The van der Waals surface area contributed by atoms with Crippen molar-refractivity contribution >= 4 is 11.9 Å². The van der Waals surface area contributed by atoms with Crippen LogP contribution in [0.4, 0.5) is 13.2 Å². The van der Waals surface area contributed by atoms with Crippen molar-refractivity contribution in [2.75, 3.05) is 26.3 Å². The number of furan rings is 1. The van der Waals surface area contributed by atoms with E-state index in [2.05, 4.69) is 4.98 Å². The number of pyridine rings is 1. The van der Waals surface area contributed by atoms with Gasteiger partial charge in [0, 0.05) is 25.2 Å². The number of carbonyl (C=O) groups is 2. The molecule has 2 aromatic rings. The molecule has 0 spiro atoms. The zero-order valence-corrected chi connectivity index (χ0v) is 17.2. The molecule has 0 radical (unpaired) electrons. The molecule has 11 heteroatoms. The van der Waals surface area contributed by atoms with Gasteiger partial charge in [-0.05, 0) is 43.5 Å². The number of hydrogen-bond acceptors (Lipinski definition) is 6. The van der Waals surface area contributed by atoms with Crippen LogP contribution in [-0.2, 0) is 9.53 Å². The largest absolute Gasteiger partial charge is 0.492 e. The number of hydrogen-bond donors (Lipinski definition) is 1. The fourth-order valence-electron chi connectivity index (χ4n) is 3.73. The van der Waals surface area contributed by atoms with Crippen LogP contribution in [0.25, 0.3) is 0 Å². The third-order valence-corrected chi connectivity index (χ3v) is 5.31. The zero-order chi connectivity index (χ0) is 23.3. The number of aliphatic carboxylic acids is 1. The van der Waals surface area contributed by atoms with Crippen molar-refractivity contribution in [2.24, 2.45) is 11.8 Å². The Bertz CT molecular complexity index is 918. The number of nitrogens with zero attached hydrogens (tertiary/aromatic N) is 2. The number of rotatable bonds is 5. The van der Waals surface area contributed by atoms with Gasteiger partial charge in [0.05, 0.1) is 25.5 Å². The fourth-order valence-corrected chi connectivity index (χ4v) is 3.73. The van der Waals surface area contributed by atoms with Crippen molar-refractivity contribution < 1.29 is 41.8 Å². The average molecular weight is 456 g/mol. The molecular formula is C21H23F3N2O6. The molecule has 1 amide bonds. The first-order chi connectivity index (χ1) is 15.1. The van der Waals surface area contributed by atoms with Crippen molar-refractivity contribution in [3.8, 4) is 5.75 Å². The Morgan fingerprint density at radius 2 is 2.03 bits per heavy atom. The number of amides is 1. The summed E-state index contributed by atoms with van der Waals surface area (Å²) in [6, 6.07) is 7.33. The van der Waals surface area contributed by atoms with Crippen molar-refractivity contribution in [1.82, 2.24) is 9.88 Å². The van der Waals surface area contributed by atoms with E-state index < -0.39 is 12.1 Å². The zero-order valence-electron chi connectivity index (χ0n) is 17.2. The first-order valence-corrected chi connectivity index (χ1v) is 9.95. The predicted molar refractivity (Wildman–Crippen MR) is 104 cm³/mol. The summed E-state index contributed by atoms with van der Waals surface area (Å²) < 4.78 is 48.9. The van der Waals surface area contributed by atoms with Gasteiger partial charge in [0.15, 0.2) is 5.76 Å². The molecule has 4 heterocycles. The van der Waals surface area contributed by atoms with Crippen LogP contribution in [0.5, 0.6) is 5.75 Å². The minimum absolute atomic E-state index is 0.0449. The second-order valence-electron chi connectivity index (χ2n) is 7.54. The quantitative estimate of drug-likeness (QED) is 0.737. The number of carbonyl (C=O) groups excluding carboxylic acids is 1. The van der Waals surface area contributed by atoms with Gasteiger partial charge in [0.2, 0.25) is 0 Å². The molecule has 8 nitrogen and oxygen atoms in total. The van der Waals surface area contributed by atoms with Gasteiger partial charge >= 0.3 is 12.1 Å². The van der Waals surface area contributed by atoms with Crippen molar-refractivity contribution in [1.29, 1.82) is 0 Å². The van der Waals surface area contributed by atoms with E-state index in [1.165, 1.54) is 0 Å². The summed E-state index contributed by atoms with van der Waals surface area (Å²) >= 11 is 0. The molecule has 2 saturated heterocycles. The van der Waals surface area contributed by atoms with Crippen LogP contribution in [0, 0.1) is 18.8 Å². The number of aryl methyl sites for hydroxylation is 1. The second kappa shape index (κ2) is 10.0. The van der Waals surface area contributed by atoms with Gasteiger partial charge < -0.3 is 23.9 Å². The Balaban J connectivity index is 0.000000360. The number of ether oxygens (including phenoxy) is 2. The van der Waals surface area contributed by atoms with Crippen LogP contribution >= 0.6 is 0 Å².